The summed E-state index contributed by atoms with van der Waals surface area (Å²) in [6, 6.07) is 5.76. The zero-order chi connectivity index (χ0) is 18.0. The number of nitrogens with one attached hydrogen (secondary N) is 2. The summed E-state index contributed by atoms with van der Waals surface area (Å²) in [7, 11) is -3.56. The van der Waals surface area contributed by atoms with Crippen molar-refractivity contribution in [3.05, 3.63) is 40.9 Å². The highest BCUT2D eigenvalue weighted by molar-refractivity contribution is 7.89. The lowest BCUT2D eigenvalue weighted by atomic mass is 10.2. The van der Waals surface area contributed by atoms with E-state index in [1.54, 1.807) is 0 Å². The van der Waals surface area contributed by atoms with Crippen LogP contribution in [-0.4, -0.2) is 25.4 Å². The zero-order valence-electron chi connectivity index (χ0n) is 14.2. The van der Waals surface area contributed by atoms with E-state index >= 15 is 0 Å². The lowest BCUT2D eigenvalue weighted by Gasteiger charge is -2.12. The molecule has 1 fully saturated rings. The summed E-state index contributed by atoms with van der Waals surface area (Å²) in [6.45, 7) is 3.72. The number of hydrogen-bond acceptors (Lipinski definition) is 5. The molecule has 8 heteroatoms. The van der Waals surface area contributed by atoms with Gasteiger partial charge in [-0.3, -0.25) is 10.1 Å². The molecule has 1 heterocycles. The van der Waals surface area contributed by atoms with Crippen LogP contribution in [0.2, 0.25) is 0 Å². The first-order chi connectivity index (χ1) is 11.9. The molecule has 1 aromatic carbocycles. The van der Waals surface area contributed by atoms with Crippen LogP contribution in [0.25, 0.3) is 0 Å². The van der Waals surface area contributed by atoms with Gasteiger partial charge >= 0.3 is 0 Å². The number of aromatic nitrogens is 1. The quantitative estimate of drug-likeness (QED) is 0.772. The van der Waals surface area contributed by atoms with Gasteiger partial charge in [-0.1, -0.05) is 6.92 Å². The van der Waals surface area contributed by atoms with E-state index in [0.29, 0.717) is 23.0 Å². The van der Waals surface area contributed by atoms with E-state index < -0.39 is 10.0 Å². The standard InChI is InChI=1S/C17H21N3O3S2/c1-3-11(2)20-25(22,23)14-8-6-13(7-9-14)16(21)19-17-18-15(10-24-17)12-4-5-12/h6-12,20H,3-5H2,1-2H3,(H,18,19,21). The van der Waals surface area contributed by atoms with Crippen LogP contribution >= 0.6 is 11.3 Å². The monoisotopic (exact) mass is 379 g/mol. The molecular formula is C17H21N3O3S2. The van der Waals surface area contributed by atoms with E-state index in [2.05, 4.69) is 15.0 Å². The van der Waals surface area contributed by atoms with Gasteiger partial charge in [-0.05, 0) is 50.5 Å². The number of thiazole rings is 1. The van der Waals surface area contributed by atoms with Gasteiger partial charge < -0.3 is 0 Å². The van der Waals surface area contributed by atoms with Gasteiger partial charge in [0.1, 0.15) is 0 Å². The molecule has 0 bridgehead atoms. The van der Waals surface area contributed by atoms with Crippen LogP contribution in [0.1, 0.15) is 55.1 Å². The minimum absolute atomic E-state index is 0.140. The Bertz CT molecular complexity index is 856. The van der Waals surface area contributed by atoms with Crippen molar-refractivity contribution < 1.29 is 13.2 Å². The first kappa shape index (κ1) is 18.0. The van der Waals surface area contributed by atoms with Crippen molar-refractivity contribution >= 4 is 32.4 Å². The minimum Gasteiger partial charge on any atom is -0.298 e. The van der Waals surface area contributed by atoms with Crippen molar-refractivity contribution in [3.63, 3.8) is 0 Å². The SMILES string of the molecule is CCC(C)NS(=O)(=O)c1ccc(C(=O)Nc2nc(C3CC3)cs2)cc1. The molecule has 6 nitrogen and oxygen atoms in total. The Morgan fingerprint density at radius 2 is 2.00 bits per heavy atom. The van der Waals surface area contributed by atoms with Crippen molar-refractivity contribution in [1.29, 1.82) is 0 Å². The van der Waals surface area contributed by atoms with Gasteiger partial charge in [0.05, 0.1) is 10.6 Å². The van der Waals surface area contributed by atoms with Crippen LogP contribution in [0, 0.1) is 0 Å². The zero-order valence-corrected chi connectivity index (χ0v) is 15.8. The van der Waals surface area contributed by atoms with E-state index in [4.69, 9.17) is 0 Å². The molecule has 1 atom stereocenters. The number of amides is 1. The number of anilines is 1. The van der Waals surface area contributed by atoms with E-state index in [9.17, 15) is 13.2 Å². The predicted octanol–water partition coefficient (Wildman–Crippen LogP) is 3.35. The number of benzene rings is 1. The molecule has 1 aromatic heterocycles. The topological polar surface area (TPSA) is 88.2 Å². The maximum absolute atomic E-state index is 12.3. The Morgan fingerprint density at radius 3 is 2.60 bits per heavy atom. The van der Waals surface area contributed by atoms with Crippen molar-refractivity contribution in [2.75, 3.05) is 5.32 Å². The maximum atomic E-state index is 12.3. The lowest BCUT2D eigenvalue weighted by molar-refractivity contribution is 0.102. The number of nitrogens with zero attached hydrogens (tertiary/aromatic N) is 1. The third-order valence-corrected chi connectivity index (χ3v) is 6.51. The summed E-state index contributed by atoms with van der Waals surface area (Å²) in [5.74, 6) is 0.250. The molecule has 1 aliphatic carbocycles. The second kappa shape index (κ2) is 7.23. The highest BCUT2D eigenvalue weighted by Gasteiger charge is 2.26. The molecular weight excluding hydrogens is 358 g/mol. The van der Waals surface area contributed by atoms with Crippen molar-refractivity contribution in [2.45, 2.75) is 50.0 Å². The van der Waals surface area contributed by atoms with Gasteiger partial charge in [-0.15, -0.1) is 11.3 Å². The number of sulfonamides is 1. The third-order valence-electron chi connectivity index (χ3n) is 4.13. The van der Waals surface area contributed by atoms with Crippen LogP contribution in [0.5, 0.6) is 0 Å². The van der Waals surface area contributed by atoms with Gasteiger partial charge in [-0.25, -0.2) is 18.1 Å². The second-order valence-corrected chi connectivity index (χ2v) is 8.83. The summed E-state index contributed by atoms with van der Waals surface area (Å²) in [5.41, 5.74) is 1.43. The largest absolute Gasteiger partial charge is 0.298 e. The minimum atomic E-state index is -3.56. The molecule has 1 saturated carbocycles. The van der Waals surface area contributed by atoms with Crippen molar-refractivity contribution in [1.82, 2.24) is 9.71 Å². The smallest absolute Gasteiger partial charge is 0.257 e. The summed E-state index contributed by atoms with van der Waals surface area (Å²) in [6.07, 6.45) is 3.03. The van der Waals surface area contributed by atoms with Gasteiger partial charge in [0, 0.05) is 22.9 Å². The molecule has 0 radical (unpaired) electrons. The Hall–Kier alpha value is -1.77. The molecule has 3 rings (SSSR count). The van der Waals surface area contributed by atoms with Gasteiger partial charge in [-0.2, -0.15) is 0 Å². The van der Waals surface area contributed by atoms with Crippen LogP contribution in [0.15, 0.2) is 34.5 Å². The maximum Gasteiger partial charge on any atom is 0.257 e. The molecule has 2 aromatic rings. The van der Waals surface area contributed by atoms with E-state index in [1.165, 1.54) is 35.6 Å². The fraction of sp³-hybridized carbons (Fsp3) is 0.412. The van der Waals surface area contributed by atoms with Gasteiger partial charge in [0.2, 0.25) is 10.0 Å². The fourth-order valence-corrected chi connectivity index (χ4v) is 4.40. The fourth-order valence-electron chi connectivity index (χ4n) is 2.28. The number of rotatable bonds is 7. The number of carbonyl (C=O) groups excluding carboxylic acids is 1. The Labute approximate surface area is 151 Å². The molecule has 1 amide bonds. The van der Waals surface area contributed by atoms with Crippen LogP contribution in [0.4, 0.5) is 5.13 Å². The van der Waals surface area contributed by atoms with E-state index in [1.807, 2.05) is 19.2 Å². The second-order valence-electron chi connectivity index (χ2n) is 6.26. The molecule has 25 heavy (non-hydrogen) atoms. The summed E-state index contributed by atoms with van der Waals surface area (Å²) < 4.78 is 27.0. The van der Waals surface area contributed by atoms with Crippen molar-refractivity contribution in [2.24, 2.45) is 0 Å². The lowest BCUT2D eigenvalue weighted by Crippen LogP contribution is -2.32. The first-order valence-corrected chi connectivity index (χ1v) is 10.6. The number of carbonyl (C=O) groups is 1. The highest BCUT2D eigenvalue weighted by Crippen LogP contribution is 2.40. The molecule has 134 valence electrons. The predicted molar refractivity (Wildman–Crippen MR) is 98.6 cm³/mol. The third kappa shape index (κ3) is 4.45. The molecule has 2 N–H and O–H groups in total. The average molecular weight is 380 g/mol. The average Bonchev–Trinajstić information content (AvgIpc) is 3.34. The molecule has 1 aliphatic rings. The summed E-state index contributed by atoms with van der Waals surface area (Å²) in [4.78, 5) is 16.8. The highest BCUT2D eigenvalue weighted by atomic mass is 32.2. The Kier molecular flexibility index (Phi) is 5.21. The Morgan fingerprint density at radius 1 is 1.32 bits per heavy atom. The molecule has 0 spiro atoms. The van der Waals surface area contributed by atoms with Crippen LogP contribution in [-0.2, 0) is 10.0 Å². The number of hydrogen-bond donors (Lipinski definition) is 2. The van der Waals surface area contributed by atoms with Gasteiger partial charge in [0.25, 0.3) is 5.91 Å². The molecule has 1 unspecified atom stereocenters. The van der Waals surface area contributed by atoms with E-state index in [-0.39, 0.29) is 16.8 Å². The normalized spacial score (nSPS) is 15.8. The molecule has 0 saturated heterocycles. The summed E-state index contributed by atoms with van der Waals surface area (Å²) >= 11 is 1.41. The van der Waals surface area contributed by atoms with E-state index in [0.717, 1.165) is 18.5 Å². The van der Waals surface area contributed by atoms with Crippen LogP contribution < -0.4 is 10.0 Å². The Balaban J connectivity index is 1.67. The first-order valence-electron chi connectivity index (χ1n) is 8.28. The molecule has 0 aliphatic heterocycles. The van der Waals surface area contributed by atoms with Gasteiger partial charge in [0.15, 0.2) is 5.13 Å². The summed E-state index contributed by atoms with van der Waals surface area (Å²) in [5, 5.41) is 5.31. The van der Waals surface area contributed by atoms with Crippen molar-refractivity contribution in [3.8, 4) is 0 Å². The van der Waals surface area contributed by atoms with Crippen LogP contribution in [0.3, 0.4) is 0 Å².